The molecule has 0 saturated heterocycles. The predicted molar refractivity (Wildman–Crippen MR) is 84.1 cm³/mol. The lowest BCUT2D eigenvalue weighted by molar-refractivity contribution is -0.142. The van der Waals surface area contributed by atoms with Crippen LogP contribution < -0.4 is 5.32 Å². The van der Waals surface area contributed by atoms with E-state index in [0.29, 0.717) is 10.6 Å². The number of esters is 1. The zero-order valence-corrected chi connectivity index (χ0v) is 12.3. The Morgan fingerprint density at radius 2 is 2.05 bits per heavy atom. The van der Waals surface area contributed by atoms with E-state index in [1.165, 1.54) is 17.4 Å². The molecule has 0 saturated carbocycles. The summed E-state index contributed by atoms with van der Waals surface area (Å²) in [6.45, 7) is -0.402. The minimum Gasteiger partial charge on any atom is -0.452 e. The molecule has 110 valence electrons. The van der Waals surface area contributed by atoms with Crippen molar-refractivity contribution in [1.82, 2.24) is 0 Å². The highest BCUT2D eigenvalue weighted by Gasteiger charge is 2.09. The summed E-state index contributed by atoms with van der Waals surface area (Å²) >= 11 is 1.24. The van der Waals surface area contributed by atoms with Crippen molar-refractivity contribution in [2.45, 2.75) is 0 Å². The number of anilines is 1. The maximum Gasteiger partial charge on any atom is 0.331 e. The summed E-state index contributed by atoms with van der Waals surface area (Å²) < 4.78 is 4.83. The van der Waals surface area contributed by atoms with Crippen LogP contribution in [-0.4, -0.2) is 18.5 Å². The van der Waals surface area contributed by atoms with Gasteiger partial charge in [0.15, 0.2) is 6.61 Å². The highest BCUT2D eigenvalue weighted by atomic mass is 32.1. The molecule has 0 unspecified atom stereocenters. The normalized spacial score (nSPS) is 10.1. The van der Waals surface area contributed by atoms with E-state index < -0.39 is 18.5 Å². The highest BCUT2D eigenvalue weighted by molar-refractivity contribution is 7.14. The number of ether oxygens (including phenoxy) is 1. The maximum atomic E-state index is 11.6. The molecule has 22 heavy (non-hydrogen) atoms. The summed E-state index contributed by atoms with van der Waals surface area (Å²) in [4.78, 5) is 23.1. The number of benzene rings is 1. The topological polar surface area (TPSA) is 79.2 Å². The van der Waals surface area contributed by atoms with Crippen molar-refractivity contribution in [3.05, 3.63) is 59.0 Å². The lowest BCUT2D eigenvalue weighted by Crippen LogP contribution is -2.19. The SMILES string of the molecule is N#Cc1ccsc1NC(=O)COC(=O)/C=C/c1ccccc1. The minimum atomic E-state index is -0.606. The first-order valence-corrected chi connectivity index (χ1v) is 7.24. The smallest absolute Gasteiger partial charge is 0.331 e. The summed E-state index contributed by atoms with van der Waals surface area (Å²) in [5.74, 6) is -1.09. The van der Waals surface area contributed by atoms with E-state index in [9.17, 15) is 9.59 Å². The van der Waals surface area contributed by atoms with Crippen LogP contribution in [-0.2, 0) is 14.3 Å². The molecule has 0 aliphatic heterocycles. The zero-order chi connectivity index (χ0) is 15.8. The standard InChI is InChI=1S/C16H12N2O3S/c17-10-13-8-9-22-16(13)18-14(19)11-21-15(20)7-6-12-4-2-1-3-5-12/h1-9H,11H2,(H,18,19)/b7-6+. The van der Waals surface area contributed by atoms with Crippen LogP contribution in [0, 0.1) is 11.3 Å². The Morgan fingerprint density at radius 1 is 1.27 bits per heavy atom. The number of nitrogens with zero attached hydrogens (tertiary/aromatic N) is 1. The van der Waals surface area contributed by atoms with Crippen LogP contribution in [0.15, 0.2) is 47.9 Å². The second-order valence-electron chi connectivity index (χ2n) is 4.18. The highest BCUT2D eigenvalue weighted by Crippen LogP contribution is 2.21. The first kappa shape index (κ1) is 15.5. The Labute approximate surface area is 131 Å². The molecule has 6 heteroatoms. The van der Waals surface area contributed by atoms with E-state index in [-0.39, 0.29) is 0 Å². The molecule has 2 aromatic rings. The van der Waals surface area contributed by atoms with Gasteiger partial charge in [-0.25, -0.2) is 4.79 Å². The van der Waals surface area contributed by atoms with Gasteiger partial charge in [-0.15, -0.1) is 11.3 Å². The van der Waals surface area contributed by atoms with Gasteiger partial charge in [-0.1, -0.05) is 30.3 Å². The van der Waals surface area contributed by atoms with Gasteiger partial charge in [-0.05, 0) is 23.1 Å². The Kier molecular flexibility index (Phi) is 5.46. The molecule has 0 aliphatic rings. The maximum absolute atomic E-state index is 11.6. The second-order valence-corrected chi connectivity index (χ2v) is 5.09. The molecule has 5 nitrogen and oxygen atoms in total. The Balaban J connectivity index is 1.80. The number of amides is 1. The molecule has 2 rings (SSSR count). The molecule has 0 bridgehead atoms. The van der Waals surface area contributed by atoms with Crippen molar-refractivity contribution in [2.24, 2.45) is 0 Å². The summed E-state index contributed by atoms with van der Waals surface area (Å²) in [7, 11) is 0. The van der Waals surface area contributed by atoms with E-state index in [1.54, 1.807) is 17.5 Å². The summed E-state index contributed by atoms with van der Waals surface area (Å²) in [6.07, 6.45) is 2.86. The van der Waals surface area contributed by atoms with Crippen molar-refractivity contribution in [3.8, 4) is 6.07 Å². The van der Waals surface area contributed by atoms with E-state index in [2.05, 4.69) is 5.32 Å². The number of rotatable bonds is 5. The van der Waals surface area contributed by atoms with E-state index >= 15 is 0 Å². The van der Waals surface area contributed by atoms with Crippen LogP contribution in [0.2, 0.25) is 0 Å². The zero-order valence-electron chi connectivity index (χ0n) is 11.5. The third-order valence-corrected chi connectivity index (χ3v) is 3.43. The van der Waals surface area contributed by atoms with Gasteiger partial charge in [0.25, 0.3) is 5.91 Å². The minimum absolute atomic E-state index is 0.383. The quantitative estimate of drug-likeness (QED) is 0.680. The summed E-state index contributed by atoms with van der Waals surface area (Å²) in [6, 6.07) is 12.8. The molecule has 0 fully saturated rings. The van der Waals surface area contributed by atoms with Gasteiger partial charge >= 0.3 is 5.97 Å². The van der Waals surface area contributed by atoms with Gasteiger partial charge < -0.3 is 10.1 Å². The second kappa shape index (κ2) is 7.76. The first-order valence-electron chi connectivity index (χ1n) is 6.36. The number of carbonyl (C=O) groups excluding carboxylic acids is 2. The van der Waals surface area contributed by atoms with Crippen molar-refractivity contribution in [2.75, 3.05) is 11.9 Å². The van der Waals surface area contributed by atoms with E-state index in [1.807, 2.05) is 36.4 Å². The number of carbonyl (C=O) groups is 2. The fourth-order valence-corrected chi connectivity index (χ4v) is 2.32. The van der Waals surface area contributed by atoms with Crippen molar-refractivity contribution < 1.29 is 14.3 Å². The molecule has 1 amide bonds. The molecule has 1 aromatic carbocycles. The lowest BCUT2D eigenvalue weighted by atomic mass is 10.2. The number of nitrogens with one attached hydrogen (secondary N) is 1. The van der Waals surface area contributed by atoms with Gasteiger partial charge in [-0.3, -0.25) is 4.79 Å². The van der Waals surface area contributed by atoms with Crippen LogP contribution in [0.1, 0.15) is 11.1 Å². The van der Waals surface area contributed by atoms with Gasteiger partial charge in [0, 0.05) is 6.08 Å². The molecule has 0 spiro atoms. The number of thiophene rings is 1. The fourth-order valence-electron chi connectivity index (χ4n) is 1.57. The van der Waals surface area contributed by atoms with E-state index in [4.69, 9.17) is 10.00 Å². The molecule has 1 N–H and O–H groups in total. The summed E-state index contributed by atoms with van der Waals surface area (Å²) in [5, 5.41) is 13.5. The molecular formula is C16H12N2O3S. The Hall–Kier alpha value is -2.91. The van der Waals surface area contributed by atoms with Gasteiger partial charge in [0.2, 0.25) is 0 Å². The first-order chi connectivity index (χ1) is 10.7. The van der Waals surface area contributed by atoms with Crippen molar-refractivity contribution in [3.63, 3.8) is 0 Å². The third kappa shape index (κ3) is 4.58. The molecule has 0 aliphatic carbocycles. The monoisotopic (exact) mass is 312 g/mol. The van der Waals surface area contributed by atoms with Crippen LogP contribution in [0.5, 0.6) is 0 Å². The number of hydrogen-bond donors (Lipinski definition) is 1. The predicted octanol–water partition coefficient (Wildman–Crippen LogP) is 2.81. The fraction of sp³-hybridized carbons (Fsp3) is 0.0625. The molecule has 1 aromatic heterocycles. The van der Waals surface area contributed by atoms with E-state index in [0.717, 1.165) is 5.56 Å². The van der Waals surface area contributed by atoms with Crippen molar-refractivity contribution >= 4 is 34.3 Å². The van der Waals surface area contributed by atoms with Gasteiger partial charge in [-0.2, -0.15) is 5.26 Å². The largest absolute Gasteiger partial charge is 0.452 e. The molecule has 0 radical (unpaired) electrons. The van der Waals surface area contributed by atoms with Gasteiger partial charge in [0.1, 0.15) is 11.1 Å². The molecule has 1 heterocycles. The van der Waals surface area contributed by atoms with Crippen molar-refractivity contribution in [1.29, 1.82) is 5.26 Å². The Bertz CT molecular complexity index is 729. The molecule has 0 atom stereocenters. The van der Waals surface area contributed by atoms with Crippen LogP contribution >= 0.6 is 11.3 Å². The summed E-state index contributed by atoms with van der Waals surface area (Å²) in [5.41, 5.74) is 1.25. The average molecular weight is 312 g/mol. The van der Waals surface area contributed by atoms with Crippen LogP contribution in [0.4, 0.5) is 5.00 Å². The number of hydrogen-bond acceptors (Lipinski definition) is 5. The Morgan fingerprint density at radius 3 is 2.77 bits per heavy atom. The third-order valence-electron chi connectivity index (χ3n) is 2.60. The lowest BCUT2D eigenvalue weighted by Gasteiger charge is -2.03. The average Bonchev–Trinajstić information content (AvgIpc) is 2.99. The van der Waals surface area contributed by atoms with Crippen LogP contribution in [0.3, 0.4) is 0 Å². The van der Waals surface area contributed by atoms with Gasteiger partial charge in [0.05, 0.1) is 5.56 Å². The molecular weight excluding hydrogens is 300 g/mol. The van der Waals surface area contributed by atoms with Crippen LogP contribution in [0.25, 0.3) is 6.08 Å². The number of nitriles is 1.